The molecule has 10 rings (SSSR count). The topological polar surface area (TPSA) is 727 Å². The molecule has 2 aromatic heterocycles. The van der Waals surface area contributed by atoms with E-state index >= 15 is 0 Å². The maximum absolute atomic E-state index is 12.1. The zero-order valence-corrected chi connectivity index (χ0v) is 55.4. The molecular weight excluding hydrogens is 1330 g/mol. The van der Waals surface area contributed by atoms with Crippen molar-refractivity contribution in [1.29, 1.82) is 0 Å². The Balaban J connectivity index is 0.796. The van der Waals surface area contributed by atoms with E-state index < -0.39 is 233 Å². The van der Waals surface area contributed by atoms with Gasteiger partial charge in [0.1, 0.15) is 136 Å². The summed E-state index contributed by atoms with van der Waals surface area (Å²) in [6, 6.07) is -9.15. The van der Waals surface area contributed by atoms with Crippen LogP contribution < -0.4 is 68.8 Å². The van der Waals surface area contributed by atoms with Crippen molar-refractivity contribution in [3.63, 3.8) is 0 Å². The van der Waals surface area contributed by atoms with Gasteiger partial charge in [-0.15, -0.1) is 10.2 Å². The van der Waals surface area contributed by atoms with Crippen molar-refractivity contribution in [3.8, 4) is 0 Å². The van der Waals surface area contributed by atoms with Gasteiger partial charge in [0, 0.05) is 62.7 Å². The van der Waals surface area contributed by atoms with Crippen LogP contribution in [0.25, 0.3) is 0 Å². The van der Waals surface area contributed by atoms with Crippen molar-refractivity contribution in [3.05, 3.63) is 34.9 Å². The third-order valence-electron chi connectivity index (χ3n) is 20.5. The molecular formula is C58H106N18O24. The number of nitrogens with zero attached hydrogens (tertiary/aromatic N) is 6. The van der Waals surface area contributed by atoms with E-state index in [1.54, 1.807) is 12.4 Å². The quantitative estimate of drug-likeness (QED) is 0.0369. The Kier molecular flexibility index (Phi) is 26.4. The summed E-state index contributed by atoms with van der Waals surface area (Å²) in [5, 5.41) is 150. The molecule has 6 saturated heterocycles. The lowest BCUT2D eigenvalue weighted by molar-refractivity contribution is -0.306. The average Bonchev–Trinajstić information content (AvgIpc) is 1.74. The Morgan fingerprint density at radius 1 is 0.390 bits per heavy atom. The average molecular weight is 1440 g/mol. The van der Waals surface area contributed by atoms with E-state index in [1.807, 2.05) is 13.8 Å². The second-order valence-electron chi connectivity index (χ2n) is 27.5. The molecule has 0 bridgehead atoms. The highest BCUT2D eigenvalue weighted by Gasteiger charge is 2.58. The van der Waals surface area contributed by atoms with E-state index in [-0.39, 0.29) is 52.1 Å². The van der Waals surface area contributed by atoms with Gasteiger partial charge in [-0.3, -0.25) is 0 Å². The van der Waals surface area contributed by atoms with Gasteiger partial charge in [-0.2, -0.15) is 0 Å². The minimum Gasteiger partial charge on any atom is -0.389 e. The van der Waals surface area contributed by atoms with Crippen LogP contribution in [0.3, 0.4) is 0 Å². The summed E-state index contributed by atoms with van der Waals surface area (Å²) in [7, 11) is 0. The van der Waals surface area contributed by atoms with Crippen molar-refractivity contribution in [2.75, 3.05) is 26.2 Å². The van der Waals surface area contributed by atoms with Crippen LogP contribution in [0.1, 0.15) is 50.9 Å². The molecule has 2 aliphatic carbocycles. The van der Waals surface area contributed by atoms with E-state index in [2.05, 4.69) is 26.4 Å². The normalized spacial score (nSPS) is 47.7. The second kappa shape index (κ2) is 34.0. The van der Waals surface area contributed by atoms with Crippen molar-refractivity contribution >= 4 is 0 Å². The van der Waals surface area contributed by atoms with Gasteiger partial charge in [-0.1, -0.05) is 21.6 Å². The van der Waals surface area contributed by atoms with Crippen LogP contribution in [-0.2, 0) is 82.8 Å². The van der Waals surface area contributed by atoms with Crippen LogP contribution in [0.5, 0.6) is 0 Å². The number of allylic oxidation sites excluding steroid dienone is 2. The maximum atomic E-state index is 12.1. The monoisotopic (exact) mass is 1440 g/mol. The van der Waals surface area contributed by atoms with E-state index in [9.17, 15) is 61.3 Å². The summed E-state index contributed by atoms with van der Waals surface area (Å²) in [4.78, 5) is 0. The van der Waals surface area contributed by atoms with Gasteiger partial charge in [0.2, 0.25) is 0 Å². The first kappa shape index (κ1) is 77.7. The van der Waals surface area contributed by atoms with Crippen molar-refractivity contribution in [1.82, 2.24) is 30.0 Å². The molecule has 20 unspecified atom stereocenters. The van der Waals surface area contributed by atoms with Gasteiger partial charge in [-0.25, -0.2) is 9.36 Å². The molecule has 8 fully saturated rings. The highest BCUT2D eigenvalue weighted by atomic mass is 16.8. The smallest absolute Gasteiger partial charge is 0.187 e. The molecule has 36 N–H and O–H groups in total. The highest BCUT2D eigenvalue weighted by Crippen LogP contribution is 2.38. The van der Waals surface area contributed by atoms with E-state index in [0.29, 0.717) is 37.1 Å². The molecule has 572 valence electrons. The van der Waals surface area contributed by atoms with E-state index in [4.69, 9.17) is 121 Å². The number of hydrogen-bond acceptors (Lipinski definition) is 40. The fourth-order valence-electron chi connectivity index (χ4n) is 14.0. The number of nitrogens with two attached hydrogens (primary N) is 12. The zero-order valence-electron chi connectivity index (χ0n) is 56.4. The molecule has 0 spiro atoms. The van der Waals surface area contributed by atoms with Crippen LogP contribution in [0, 0.1) is 0 Å². The molecule has 0 radical (unpaired) electrons. The predicted octanol–water partition coefficient (Wildman–Crippen LogP) is -15.0. The molecule has 8 heterocycles. The van der Waals surface area contributed by atoms with Crippen molar-refractivity contribution < 1.29 is 120 Å². The lowest BCUT2D eigenvalue weighted by Crippen LogP contribution is -2.68. The summed E-state index contributed by atoms with van der Waals surface area (Å²) in [5.41, 5.74) is 73.3. The third kappa shape index (κ3) is 17.0. The van der Waals surface area contributed by atoms with Gasteiger partial charge >= 0.3 is 0 Å². The predicted molar refractivity (Wildman–Crippen MR) is 338 cm³/mol. The third-order valence-corrected chi connectivity index (χ3v) is 20.5. The molecule has 2 saturated carbocycles. The molecule has 38 atom stereocenters. The van der Waals surface area contributed by atoms with Gasteiger partial charge in [0.25, 0.3) is 0 Å². The summed E-state index contributed by atoms with van der Waals surface area (Å²) in [5.74, 6) is 0. The Morgan fingerprint density at radius 3 is 1.00 bits per heavy atom. The summed E-state index contributed by atoms with van der Waals surface area (Å²) in [6.07, 6.45) is -37.3. The Morgan fingerprint density at radius 2 is 0.680 bits per heavy atom. The molecule has 0 amide bonds. The van der Waals surface area contributed by atoms with Crippen LogP contribution in [-0.4, -0.2) is 350 Å². The van der Waals surface area contributed by atoms with Crippen molar-refractivity contribution in [2.45, 2.75) is 298 Å². The number of aromatic nitrogens is 6. The first-order chi connectivity index (χ1) is 48.0. The lowest BCUT2D eigenvalue weighted by atomic mass is 9.84. The van der Waals surface area contributed by atoms with E-state index in [0.717, 1.165) is 11.1 Å². The van der Waals surface area contributed by atoms with Gasteiger partial charge < -0.3 is 187 Å². The Labute approximate surface area is 575 Å². The highest BCUT2D eigenvalue weighted by molar-refractivity contribution is 5.14. The molecule has 2 aromatic rings. The number of rotatable bonds is 27. The molecule has 42 heteroatoms. The number of aryl methyl sites for hydroxylation is 2. The summed E-state index contributed by atoms with van der Waals surface area (Å²) in [6.45, 7) is 2.72. The van der Waals surface area contributed by atoms with Crippen molar-refractivity contribution in [2.24, 2.45) is 68.8 Å². The van der Waals surface area contributed by atoms with Gasteiger partial charge in [0.05, 0.1) is 60.9 Å². The van der Waals surface area contributed by atoms with Crippen LogP contribution in [0.2, 0.25) is 1.41 Å². The Hall–Kier alpha value is -3.42. The minimum atomic E-state index is -1.73. The fraction of sp³-hybridized carbons (Fsp3) is 0.897. The lowest BCUT2D eigenvalue weighted by Gasteiger charge is -2.47. The largest absolute Gasteiger partial charge is 0.389 e. The second-order valence-corrected chi connectivity index (χ2v) is 27.5. The van der Waals surface area contributed by atoms with E-state index in [1.165, 1.54) is 9.36 Å². The first-order valence-electron chi connectivity index (χ1n) is 34.2. The van der Waals surface area contributed by atoms with Gasteiger partial charge in [0.15, 0.2) is 37.7 Å². The molecule has 42 nitrogen and oxygen atoms in total. The molecule has 0 aromatic carbocycles. The zero-order chi connectivity index (χ0) is 73.3. The summed E-state index contributed by atoms with van der Waals surface area (Å²) >= 11 is 0. The van der Waals surface area contributed by atoms with Gasteiger partial charge in [-0.05, 0) is 52.4 Å². The number of aliphatic hydroxyl groups excluding tert-OH is 12. The standard InChI is InChI=1S/C58H106N18O24/c1-17(3-5-19-13-75(73-71-19)15-29-49(97-55-33(69)43(85)39(81)27(11-61)91-55)45(87)57(93-29)99-51-35(77)21(63)7-23(65)47(51)95-53-31(67)41(83)37(79)25(9-59)89-53)18(2)4-6-20-14-76(74-72-20)16-30-50(98-56-34(70)44(86)40(82)28(12-62)92-56)46(88)58(94-30)100-52-36(78)22(64)8-24(66)48(52)96-54-32(68)42(84)38(80)26(10-60)90-54/h13-14,21-58,77-88H,3-12,15-16,59-70H2,1-2H3/b18-17+/t21-,22-,23?,24?,25?,26?,27+,28+,29-,30-,31?,32?,33?,34?,35?,36?,37?,38?,39?,40?,41-,42-,43?,44?,45?,46?,47?,48?,49+,50+,51-,52-,53-,54-,55-,56-,57+,58+/m1/s1/i/hD. The number of aliphatic hydroxyl groups is 12. The van der Waals surface area contributed by atoms with Crippen LogP contribution in [0.15, 0.2) is 23.5 Å². The molecule has 6 aliphatic heterocycles. The SMILES string of the molecule is [2H]NC1C(O)C(O)[C@H](CN)O[C@@H]1O[C@@H]1C(O)[C@H](O[C@H]2C(O[C@H]3OC(CN)C(O)[C@H](O)C3N)C(N)C[C@@H](N)C2O)O[C@@H]1Cn1cc(CC/C(C)=C(\C)CCc2cn(C[C@H]3O[C@@H](O[C@H]4C(O[C@H]5OC(CN)C(O)[C@H](O)C5N)C(N)C[C@@H](N)C4O)C(O)[C@H]3O[C@H]3O[C@@H](CN)C(O)C(O)C3N)nn2)nn1. The number of hydrogen-bond donors (Lipinski definition) is 24. The Bertz CT molecular complexity index is 2950. The molecule has 100 heavy (non-hydrogen) atoms. The van der Waals surface area contributed by atoms with Crippen LogP contribution in [0.4, 0.5) is 0 Å². The van der Waals surface area contributed by atoms with Crippen LogP contribution >= 0.6 is 0 Å². The minimum absolute atomic E-state index is 0.0162. The number of ether oxygens (including phenoxy) is 12. The molecule has 8 aliphatic rings. The fourth-order valence-corrected chi connectivity index (χ4v) is 14.0. The summed E-state index contributed by atoms with van der Waals surface area (Å²) < 4.78 is 84.8. The maximum Gasteiger partial charge on any atom is 0.187 e. The first-order valence-corrected chi connectivity index (χ1v) is 33.7.